The summed E-state index contributed by atoms with van der Waals surface area (Å²) < 4.78 is 26.8. The molecule has 1 saturated heterocycles. The summed E-state index contributed by atoms with van der Waals surface area (Å²) in [6.07, 6.45) is 2.42. The van der Waals surface area contributed by atoms with E-state index in [2.05, 4.69) is 5.32 Å². The Labute approximate surface area is 206 Å². The topological polar surface area (TPSA) is 86.8 Å². The molecule has 1 aliphatic heterocycles. The fraction of sp³-hybridized carbons (Fsp3) is 0.259. The maximum Gasteiger partial charge on any atom is 0.244 e. The molecule has 35 heavy (non-hydrogen) atoms. The lowest BCUT2D eigenvalue weighted by Crippen LogP contribution is -2.44. The van der Waals surface area contributed by atoms with Crippen molar-refractivity contribution in [3.8, 4) is 0 Å². The Hall–Kier alpha value is -3.49. The van der Waals surface area contributed by atoms with Crippen molar-refractivity contribution in [3.63, 3.8) is 0 Å². The maximum atomic E-state index is 12.9. The van der Waals surface area contributed by atoms with Gasteiger partial charge >= 0.3 is 0 Å². The molecule has 4 rings (SSSR count). The summed E-state index contributed by atoms with van der Waals surface area (Å²) in [6.45, 7) is 0.474. The zero-order valence-electron chi connectivity index (χ0n) is 19.6. The number of amides is 2. The predicted octanol–water partition coefficient (Wildman–Crippen LogP) is 3.95. The summed E-state index contributed by atoms with van der Waals surface area (Å²) in [5.74, 6) is -0.729. The third-order valence-corrected chi connectivity index (χ3v) is 7.78. The number of anilines is 1. The van der Waals surface area contributed by atoms with Crippen molar-refractivity contribution in [3.05, 3.63) is 83.8 Å². The fourth-order valence-electron chi connectivity index (χ4n) is 4.30. The highest BCUT2D eigenvalue weighted by Gasteiger charge is 2.31. The first-order valence-electron chi connectivity index (χ1n) is 11.6. The molecule has 0 aliphatic carbocycles. The number of rotatable bonds is 7. The quantitative estimate of drug-likeness (QED) is 0.542. The highest BCUT2D eigenvalue weighted by molar-refractivity contribution is 7.92. The van der Waals surface area contributed by atoms with Crippen LogP contribution in [0.5, 0.6) is 0 Å². The maximum absolute atomic E-state index is 12.9. The molecule has 0 saturated carbocycles. The first kappa shape index (κ1) is 24.6. The molecule has 3 aromatic rings. The third-order valence-electron chi connectivity index (χ3n) is 6.22. The predicted molar refractivity (Wildman–Crippen MR) is 139 cm³/mol. The van der Waals surface area contributed by atoms with Crippen LogP contribution in [0.4, 0.5) is 5.69 Å². The van der Waals surface area contributed by atoms with E-state index in [-0.39, 0.29) is 37.4 Å². The number of nitrogens with one attached hydrogen (secondary N) is 1. The third kappa shape index (κ3) is 6.15. The molecule has 8 heteroatoms. The van der Waals surface area contributed by atoms with Crippen LogP contribution < -0.4 is 5.32 Å². The first-order chi connectivity index (χ1) is 16.8. The number of carbonyl (C=O) groups is 2. The van der Waals surface area contributed by atoms with Crippen LogP contribution >= 0.6 is 0 Å². The largest absolute Gasteiger partial charge is 0.336 e. The number of sulfonamides is 1. The van der Waals surface area contributed by atoms with Gasteiger partial charge in [0.15, 0.2) is 0 Å². The zero-order chi connectivity index (χ0) is 24.8. The molecule has 0 bridgehead atoms. The molecule has 0 atom stereocenters. The van der Waals surface area contributed by atoms with Crippen LogP contribution in [0, 0.1) is 5.92 Å². The van der Waals surface area contributed by atoms with Gasteiger partial charge in [0.1, 0.15) is 0 Å². The lowest BCUT2D eigenvalue weighted by Gasteiger charge is -2.31. The van der Waals surface area contributed by atoms with E-state index in [9.17, 15) is 18.0 Å². The van der Waals surface area contributed by atoms with E-state index in [1.165, 1.54) is 14.6 Å². The lowest BCUT2D eigenvalue weighted by atomic mass is 9.96. The molecule has 2 amide bonds. The molecule has 1 heterocycles. The van der Waals surface area contributed by atoms with E-state index in [1.807, 2.05) is 72.8 Å². The zero-order valence-corrected chi connectivity index (χ0v) is 20.4. The van der Waals surface area contributed by atoms with E-state index in [1.54, 1.807) is 13.1 Å². The van der Waals surface area contributed by atoms with Gasteiger partial charge in [-0.15, -0.1) is 0 Å². The van der Waals surface area contributed by atoms with Crippen molar-refractivity contribution in [1.29, 1.82) is 0 Å². The van der Waals surface area contributed by atoms with Gasteiger partial charge in [-0.2, -0.15) is 4.31 Å². The highest BCUT2D eigenvalue weighted by Crippen LogP contribution is 2.24. The Kier molecular flexibility index (Phi) is 7.63. The SMILES string of the molecule is CN(CC(=O)Nc1cccc2ccccc12)C(=O)C1CCN(S(=O)(=O)C=Cc2ccccc2)CC1. The summed E-state index contributed by atoms with van der Waals surface area (Å²) in [6, 6.07) is 22.7. The van der Waals surface area contributed by atoms with E-state index in [0.29, 0.717) is 18.5 Å². The van der Waals surface area contributed by atoms with E-state index in [0.717, 1.165) is 16.3 Å². The Bertz CT molecular complexity index is 1330. The Morgan fingerprint density at radius 2 is 1.63 bits per heavy atom. The number of carbonyl (C=O) groups excluding carboxylic acids is 2. The lowest BCUT2D eigenvalue weighted by molar-refractivity contribution is -0.138. The Morgan fingerprint density at radius 3 is 2.37 bits per heavy atom. The van der Waals surface area contributed by atoms with Crippen LogP contribution in [0.1, 0.15) is 18.4 Å². The molecule has 0 unspecified atom stereocenters. The molecule has 0 radical (unpaired) electrons. The van der Waals surface area contributed by atoms with Crippen molar-refractivity contribution < 1.29 is 18.0 Å². The number of fused-ring (bicyclic) bond motifs is 1. The van der Waals surface area contributed by atoms with Crippen molar-refractivity contribution >= 4 is 44.4 Å². The molecule has 0 aromatic heterocycles. The van der Waals surface area contributed by atoms with Crippen LogP contribution in [0.2, 0.25) is 0 Å². The van der Waals surface area contributed by atoms with Crippen molar-refractivity contribution in [2.24, 2.45) is 5.92 Å². The second-order valence-corrected chi connectivity index (χ2v) is 10.5. The summed E-state index contributed by atoms with van der Waals surface area (Å²) in [5.41, 5.74) is 1.51. The Morgan fingerprint density at radius 1 is 0.971 bits per heavy atom. The molecule has 1 N–H and O–H groups in total. The van der Waals surface area contributed by atoms with E-state index < -0.39 is 10.0 Å². The van der Waals surface area contributed by atoms with Crippen LogP contribution in [0.3, 0.4) is 0 Å². The van der Waals surface area contributed by atoms with Gasteiger partial charge in [0.2, 0.25) is 21.8 Å². The molecule has 0 spiro atoms. The number of hydrogen-bond acceptors (Lipinski definition) is 4. The normalized spacial score (nSPS) is 15.3. The van der Waals surface area contributed by atoms with Gasteiger partial charge in [-0.25, -0.2) is 8.42 Å². The molecular formula is C27H29N3O4S. The van der Waals surface area contributed by atoms with E-state index in [4.69, 9.17) is 0 Å². The molecule has 7 nitrogen and oxygen atoms in total. The van der Waals surface area contributed by atoms with E-state index >= 15 is 0 Å². The van der Waals surface area contributed by atoms with Gasteiger partial charge in [-0.05, 0) is 35.9 Å². The first-order valence-corrected chi connectivity index (χ1v) is 13.1. The molecule has 1 fully saturated rings. The number of hydrogen-bond donors (Lipinski definition) is 1. The van der Waals surface area contributed by atoms with Gasteiger partial charge in [0.25, 0.3) is 0 Å². The average Bonchev–Trinajstić information content (AvgIpc) is 2.88. The number of piperidine rings is 1. The average molecular weight is 492 g/mol. The summed E-state index contributed by atoms with van der Waals surface area (Å²) in [4.78, 5) is 27.0. The Balaban J connectivity index is 1.30. The summed E-state index contributed by atoms with van der Waals surface area (Å²) in [5, 5.41) is 6.08. The van der Waals surface area contributed by atoms with Crippen molar-refractivity contribution in [2.45, 2.75) is 12.8 Å². The second-order valence-electron chi connectivity index (χ2n) is 8.70. The fourth-order valence-corrected chi connectivity index (χ4v) is 5.52. The molecule has 182 valence electrons. The van der Waals surface area contributed by atoms with Crippen LogP contribution in [-0.4, -0.2) is 56.1 Å². The van der Waals surface area contributed by atoms with Crippen LogP contribution in [0.15, 0.2) is 78.2 Å². The number of benzene rings is 3. The smallest absolute Gasteiger partial charge is 0.244 e. The van der Waals surface area contributed by atoms with Gasteiger partial charge in [-0.1, -0.05) is 66.7 Å². The number of likely N-dealkylation sites (N-methyl/N-ethyl adjacent to an activating group) is 1. The molecule has 1 aliphatic rings. The standard InChI is InChI=1S/C27H29N3O4S/c1-29(20-26(31)28-25-13-7-11-22-10-5-6-12-24(22)25)27(32)23-14-17-30(18-15-23)35(33,34)19-16-21-8-3-2-4-9-21/h2-13,16,19,23H,14-15,17-18,20H2,1H3,(H,28,31). The molecule has 3 aromatic carbocycles. The minimum absolute atomic E-state index is 0.0691. The van der Waals surface area contributed by atoms with Crippen LogP contribution in [0.25, 0.3) is 16.8 Å². The van der Waals surface area contributed by atoms with Gasteiger partial charge < -0.3 is 10.2 Å². The van der Waals surface area contributed by atoms with Crippen molar-refractivity contribution in [1.82, 2.24) is 9.21 Å². The minimum atomic E-state index is -3.56. The summed E-state index contributed by atoms with van der Waals surface area (Å²) in [7, 11) is -1.95. The van der Waals surface area contributed by atoms with Gasteiger partial charge in [0.05, 0.1) is 6.54 Å². The molecular weight excluding hydrogens is 462 g/mol. The summed E-state index contributed by atoms with van der Waals surface area (Å²) >= 11 is 0. The monoisotopic (exact) mass is 491 g/mol. The minimum Gasteiger partial charge on any atom is -0.336 e. The second kappa shape index (κ2) is 10.8. The van der Waals surface area contributed by atoms with Crippen LogP contribution in [-0.2, 0) is 19.6 Å². The number of nitrogens with zero attached hydrogens (tertiary/aromatic N) is 2. The van der Waals surface area contributed by atoms with Crippen molar-refractivity contribution in [2.75, 3.05) is 32.0 Å². The van der Waals surface area contributed by atoms with Gasteiger partial charge in [0, 0.05) is 42.5 Å². The van der Waals surface area contributed by atoms with Gasteiger partial charge in [-0.3, -0.25) is 9.59 Å². The highest BCUT2D eigenvalue weighted by atomic mass is 32.2.